The van der Waals surface area contributed by atoms with Gasteiger partial charge in [-0.05, 0) is 62.8 Å². The summed E-state index contributed by atoms with van der Waals surface area (Å²) < 4.78 is 28.2. The van der Waals surface area contributed by atoms with Gasteiger partial charge < -0.3 is 5.32 Å². The molecule has 0 amide bonds. The molecular weight excluding hydrogens is 392 g/mol. The molecule has 0 saturated heterocycles. The molecule has 1 fully saturated rings. The Morgan fingerprint density at radius 3 is 2.52 bits per heavy atom. The minimum Gasteiger partial charge on any atom is -0.371 e. The van der Waals surface area contributed by atoms with Crippen molar-refractivity contribution in [1.82, 2.24) is 9.71 Å². The average molecular weight is 419 g/mol. The molecule has 1 atom stereocenters. The van der Waals surface area contributed by atoms with Crippen molar-refractivity contribution < 1.29 is 13.3 Å². The number of nitrogens with zero attached hydrogens (tertiary/aromatic N) is 2. The van der Waals surface area contributed by atoms with Crippen LogP contribution in [0.3, 0.4) is 0 Å². The van der Waals surface area contributed by atoms with Crippen LogP contribution in [0.5, 0.6) is 0 Å². The maximum atomic E-state index is 12.7. The third-order valence-electron chi connectivity index (χ3n) is 5.32. The molecular formula is C20H26N4O4S. The zero-order chi connectivity index (χ0) is 21.0. The Morgan fingerprint density at radius 1 is 1.17 bits per heavy atom. The molecule has 0 spiro atoms. The van der Waals surface area contributed by atoms with Crippen LogP contribution in [0.1, 0.15) is 51.3 Å². The normalized spacial score (nSPS) is 20.8. The molecule has 0 radical (unpaired) electrons. The Kier molecular flexibility index (Phi) is 6.49. The van der Waals surface area contributed by atoms with Gasteiger partial charge in [-0.25, -0.2) is 13.1 Å². The zero-order valence-corrected chi connectivity index (χ0v) is 17.4. The monoisotopic (exact) mass is 418 g/mol. The Bertz CT molecular complexity index is 958. The SMILES string of the molecule is CC1CCC(NS(=O)(=O)c2ccc(NC(C)c3ccccn3)c([N+](=O)[O-])c2)CC1. The second kappa shape index (κ2) is 8.87. The van der Waals surface area contributed by atoms with Crippen molar-refractivity contribution >= 4 is 21.4 Å². The largest absolute Gasteiger partial charge is 0.371 e. The van der Waals surface area contributed by atoms with Crippen molar-refractivity contribution in [3.8, 4) is 0 Å². The lowest BCUT2D eigenvalue weighted by molar-refractivity contribution is -0.384. The van der Waals surface area contributed by atoms with Gasteiger partial charge in [0, 0.05) is 18.3 Å². The fourth-order valence-corrected chi connectivity index (χ4v) is 4.88. The third kappa shape index (κ3) is 5.30. The second-order valence-corrected chi connectivity index (χ2v) is 9.35. The van der Waals surface area contributed by atoms with Crippen molar-refractivity contribution in [2.75, 3.05) is 5.32 Å². The molecule has 0 aliphatic heterocycles. The highest BCUT2D eigenvalue weighted by Crippen LogP contribution is 2.31. The first kappa shape index (κ1) is 21.2. The summed E-state index contributed by atoms with van der Waals surface area (Å²) in [7, 11) is -3.83. The van der Waals surface area contributed by atoms with Crippen molar-refractivity contribution in [1.29, 1.82) is 0 Å². The number of nitro groups is 1. The first-order valence-corrected chi connectivity index (χ1v) is 11.2. The minimum absolute atomic E-state index is 0.0983. The van der Waals surface area contributed by atoms with Crippen LogP contribution in [0.2, 0.25) is 0 Å². The molecule has 1 aliphatic carbocycles. The van der Waals surface area contributed by atoms with Gasteiger partial charge in [-0.1, -0.05) is 13.0 Å². The molecule has 2 aromatic rings. The van der Waals surface area contributed by atoms with Gasteiger partial charge in [0.1, 0.15) is 5.69 Å². The lowest BCUT2D eigenvalue weighted by atomic mass is 9.88. The van der Waals surface area contributed by atoms with Gasteiger partial charge in [-0.3, -0.25) is 15.1 Å². The molecule has 1 aliphatic rings. The predicted octanol–water partition coefficient (Wildman–Crippen LogP) is 4.02. The molecule has 9 heteroatoms. The average Bonchev–Trinajstić information content (AvgIpc) is 2.70. The van der Waals surface area contributed by atoms with E-state index in [1.165, 1.54) is 12.1 Å². The Hall–Kier alpha value is -2.52. The van der Waals surface area contributed by atoms with Gasteiger partial charge in [-0.15, -0.1) is 0 Å². The fraction of sp³-hybridized carbons (Fsp3) is 0.450. The minimum atomic E-state index is -3.83. The number of rotatable bonds is 7. The van der Waals surface area contributed by atoms with E-state index in [4.69, 9.17) is 0 Å². The molecule has 0 bridgehead atoms. The number of anilines is 1. The smallest absolute Gasteiger partial charge is 0.293 e. The van der Waals surface area contributed by atoms with E-state index in [2.05, 4.69) is 21.9 Å². The first-order chi connectivity index (χ1) is 13.8. The lowest BCUT2D eigenvalue weighted by Crippen LogP contribution is -2.37. The zero-order valence-electron chi connectivity index (χ0n) is 16.5. The van der Waals surface area contributed by atoms with Gasteiger partial charge in [0.15, 0.2) is 0 Å². The summed E-state index contributed by atoms with van der Waals surface area (Å²) in [4.78, 5) is 15.1. The van der Waals surface area contributed by atoms with Gasteiger partial charge in [0.25, 0.3) is 5.69 Å². The van der Waals surface area contributed by atoms with E-state index in [0.717, 1.165) is 37.4 Å². The van der Waals surface area contributed by atoms with E-state index < -0.39 is 14.9 Å². The number of hydrogen-bond acceptors (Lipinski definition) is 6. The molecule has 1 heterocycles. The van der Waals surface area contributed by atoms with E-state index in [-0.39, 0.29) is 28.4 Å². The highest BCUT2D eigenvalue weighted by Gasteiger charge is 2.27. The van der Waals surface area contributed by atoms with Gasteiger partial charge >= 0.3 is 0 Å². The van der Waals surface area contributed by atoms with Crippen LogP contribution in [0.15, 0.2) is 47.5 Å². The van der Waals surface area contributed by atoms with Gasteiger partial charge in [0.05, 0.1) is 21.6 Å². The second-order valence-electron chi connectivity index (χ2n) is 7.63. The summed E-state index contributed by atoms with van der Waals surface area (Å²) in [6.07, 6.45) is 5.16. The van der Waals surface area contributed by atoms with E-state index in [1.807, 2.05) is 19.1 Å². The summed E-state index contributed by atoms with van der Waals surface area (Å²) >= 11 is 0. The quantitative estimate of drug-likeness (QED) is 0.518. The molecule has 1 unspecified atom stereocenters. The molecule has 1 saturated carbocycles. The number of sulfonamides is 1. The predicted molar refractivity (Wildman–Crippen MR) is 111 cm³/mol. The maximum Gasteiger partial charge on any atom is 0.293 e. The Balaban J connectivity index is 1.81. The van der Waals surface area contributed by atoms with Crippen LogP contribution >= 0.6 is 0 Å². The van der Waals surface area contributed by atoms with Crippen molar-refractivity contribution in [2.24, 2.45) is 5.92 Å². The summed E-state index contributed by atoms with van der Waals surface area (Å²) in [6.45, 7) is 3.99. The summed E-state index contributed by atoms with van der Waals surface area (Å²) in [5, 5.41) is 14.6. The first-order valence-electron chi connectivity index (χ1n) is 9.74. The molecule has 29 heavy (non-hydrogen) atoms. The molecule has 8 nitrogen and oxygen atoms in total. The molecule has 3 rings (SSSR count). The van der Waals surface area contributed by atoms with Crippen molar-refractivity contribution in [2.45, 2.75) is 56.5 Å². The van der Waals surface area contributed by atoms with E-state index in [1.54, 1.807) is 12.3 Å². The van der Waals surface area contributed by atoms with Crippen LogP contribution in [0.25, 0.3) is 0 Å². The van der Waals surface area contributed by atoms with Crippen molar-refractivity contribution in [3.05, 3.63) is 58.4 Å². The van der Waals surface area contributed by atoms with Gasteiger partial charge in [-0.2, -0.15) is 0 Å². The third-order valence-corrected chi connectivity index (χ3v) is 6.84. The van der Waals surface area contributed by atoms with Crippen LogP contribution in [0.4, 0.5) is 11.4 Å². The van der Waals surface area contributed by atoms with E-state index in [0.29, 0.717) is 5.92 Å². The maximum absolute atomic E-state index is 12.7. The number of nitrogens with one attached hydrogen (secondary N) is 2. The number of hydrogen-bond donors (Lipinski definition) is 2. The standard InChI is InChI=1S/C20H26N4O4S/c1-14-6-8-16(9-7-14)23-29(27,28)17-10-11-19(20(13-17)24(25)26)22-15(2)18-5-3-4-12-21-18/h3-5,10-16,22-23H,6-9H2,1-2H3. The van der Waals surface area contributed by atoms with Crippen molar-refractivity contribution in [3.63, 3.8) is 0 Å². The van der Waals surface area contributed by atoms with Crippen LogP contribution in [-0.4, -0.2) is 24.4 Å². The topological polar surface area (TPSA) is 114 Å². The van der Waals surface area contributed by atoms with Crippen LogP contribution < -0.4 is 10.0 Å². The molecule has 156 valence electrons. The summed E-state index contributed by atoms with van der Waals surface area (Å²) in [5.41, 5.74) is 0.693. The fourth-order valence-electron chi connectivity index (χ4n) is 3.56. The molecule has 2 N–H and O–H groups in total. The summed E-state index contributed by atoms with van der Waals surface area (Å²) in [5.74, 6) is 0.600. The Morgan fingerprint density at radius 2 is 1.90 bits per heavy atom. The number of nitro benzene ring substituents is 1. The number of pyridine rings is 1. The van der Waals surface area contributed by atoms with Crippen LogP contribution in [-0.2, 0) is 10.0 Å². The molecule has 1 aromatic carbocycles. The highest BCUT2D eigenvalue weighted by molar-refractivity contribution is 7.89. The van der Waals surface area contributed by atoms with E-state index in [9.17, 15) is 18.5 Å². The Labute approximate surface area is 171 Å². The number of aromatic nitrogens is 1. The van der Waals surface area contributed by atoms with E-state index >= 15 is 0 Å². The van der Waals surface area contributed by atoms with Crippen LogP contribution in [0, 0.1) is 16.0 Å². The molecule has 1 aromatic heterocycles. The van der Waals surface area contributed by atoms with Gasteiger partial charge in [0.2, 0.25) is 10.0 Å². The lowest BCUT2D eigenvalue weighted by Gasteiger charge is -2.26. The number of benzene rings is 1. The summed E-state index contributed by atoms with van der Waals surface area (Å²) in [6, 6.07) is 8.99. The highest BCUT2D eigenvalue weighted by atomic mass is 32.2.